The van der Waals surface area contributed by atoms with E-state index in [1.54, 1.807) is 30.3 Å². The van der Waals surface area contributed by atoms with Gasteiger partial charge in [0.1, 0.15) is 11.6 Å². The fraction of sp³-hybridized carbons (Fsp3) is 0.370. The number of ether oxygens (including phenoxy) is 4. The molecule has 8 heteroatoms. The van der Waals surface area contributed by atoms with Gasteiger partial charge in [-0.2, -0.15) is 5.26 Å². The van der Waals surface area contributed by atoms with E-state index in [1.807, 2.05) is 6.07 Å². The van der Waals surface area contributed by atoms with Crippen molar-refractivity contribution in [1.29, 1.82) is 5.26 Å². The zero-order valence-electron chi connectivity index (χ0n) is 20.4. The van der Waals surface area contributed by atoms with Crippen molar-refractivity contribution in [3.63, 3.8) is 0 Å². The Kier molecular flexibility index (Phi) is 8.74. The van der Waals surface area contributed by atoms with Crippen LogP contribution >= 0.6 is 0 Å². The van der Waals surface area contributed by atoms with Crippen LogP contribution in [0.15, 0.2) is 42.0 Å². The molecule has 8 nitrogen and oxygen atoms in total. The van der Waals surface area contributed by atoms with Crippen LogP contribution in [0, 0.1) is 17.2 Å². The Hall–Kier alpha value is -3.99. The van der Waals surface area contributed by atoms with Gasteiger partial charge in [-0.05, 0) is 60.7 Å². The first-order valence-electron chi connectivity index (χ1n) is 11.4. The lowest BCUT2D eigenvalue weighted by molar-refractivity contribution is -0.118. The highest BCUT2D eigenvalue weighted by Gasteiger charge is 2.24. The predicted molar refractivity (Wildman–Crippen MR) is 131 cm³/mol. The molecule has 0 spiro atoms. The number of esters is 1. The van der Waals surface area contributed by atoms with Gasteiger partial charge >= 0.3 is 5.97 Å². The zero-order chi connectivity index (χ0) is 25.4. The maximum absolute atomic E-state index is 12.7. The Morgan fingerprint density at radius 2 is 1.60 bits per heavy atom. The average molecular weight is 479 g/mol. The molecule has 2 aromatic carbocycles. The number of carbonyl (C=O) groups excluding carboxylic acids is 2. The Morgan fingerprint density at radius 1 is 0.943 bits per heavy atom. The predicted octanol–water partition coefficient (Wildman–Crippen LogP) is 4.53. The molecule has 3 rings (SSSR count). The average Bonchev–Trinajstić information content (AvgIpc) is 2.88. The molecule has 1 fully saturated rings. The summed E-state index contributed by atoms with van der Waals surface area (Å²) in [6.07, 6.45) is 5.71. The van der Waals surface area contributed by atoms with Gasteiger partial charge in [-0.25, -0.2) is 4.79 Å². The molecule has 35 heavy (non-hydrogen) atoms. The topological polar surface area (TPSA) is 107 Å². The van der Waals surface area contributed by atoms with Crippen molar-refractivity contribution in [3.8, 4) is 29.1 Å². The fourth-order valence-corrected chi connectivity index (χ4v) is 4.07. The molecule has 1 amide bonds. The molecule has 1 saturated carbocycles. The van der Waals surface area contributed by atoms with Crippen LogP contribution in [0.3, 0.4) is 0 Å². The van der Waals surface area contributed by atoms with Crippen LogP contribution in [0.4, 0.5) is 0 Å². The number of nitriles is 1. The fourth-order valence-electron chi connectivity index (χ4n) is 4.07. The minimum absolute atomic E-state index is 0.0000934. The van der Waals surface area contributed by atoms with E-state index in [1.165, 1.54) is 33.5 Å². The first kappa shape index (κ1) is 25.6. The van der Waals surface area contributed by atoms with Crippen molar-refractivity contribution in [2.75, 3.05) is 21.3 Å². The molecule has 0 heterocycles. The largest absolute Gasteiger partial charge is 0.493 e. The quantitative estimate of drug-likeness (QED) is 0.257. The van der Waals surface area contributed by atoms with E-state index >= 15 is 0 Å². The van der Waals surface area contributed by atoms with Crippen LogP contribution in [-0.2, 0) is 4.79 Å². The van der Waals surface area contributed by atoms with Crippen molar-refractivity contribution in [2.45, 2.75) is 38.6 Å². The molecule has 0 aliphatic heterocycles. The Balaban J connectivity index is 1.77. The normalized spacial score (nSPS) is 17.6. The Bertz CT molecular complexity index is 1150. The van der Waals surface area contributed by atoms with Crippen molar-refractivity contribution in [3.05, 3.63) is 53.1 Å². The molecule has 0 unspecified atom stereocenters. The minimum atomic E-state index is -0.605. The lowest BCUT2D eigenvalue weighted by atomic mass is 9.86. The zero-order valence-corrected chi connectivity index (χ0v) is 20.4. The molecule has 2 atom stereocenters. The van der Waals surface area contributed by atoms with E-state index in [2.05, 4.69) is 12.2 Å². The highest BCUT2D eigenvalue weighted by Crippen LogP contribution is 2.32. The van der Waals surface area contributed by atoms with Gasteiger partial charge < -0.3 is 24.3 Å². The van der Waals surface area contributed by atoms with Crippen LogP contribution in [0.2, 0.25) is 0 Å². The lowest BCUT2D eigenvalue weighted by Crippen LogP contribution is -2.41. The summed E-state index contributed by atoms with van der Waals surface area (Å²) in [6, 6.07) is 11.6. The Labute approximate surface area is 205 Å². The number of nitrogens with one attached hydrogen (secondary N) is 1. The van der Waals surface area contributed by atoms with E-state index in [-0.39, 0.29) is 28.7 Å². The third kappa shape index (κ3) is 6.33. The molecule has 0 aromatic heterocycles. The summed E-state index contributed by atoms with van der Waals surface area (Å²) in [6.45, 7) is 2.12. The third-order valence-electron chi connectivity index (χ3n) is 6.11. The number of hydrogen-bond donors (Lipinski definition) is 1. The smallest absolute Gasteiger partial charge is 0.343 e. The summed E-state index contributed by atoms with van der Waals surface area (Å²) >= 11 is 0. The number of benzene rings is 2. The Morgan fingerprint density at radius 3 is 2.26 bits per heavy atom. The second-order valence-electron chi connectivity index (χ2n) is 8.38. The first-order valence-corrected chi connectivity index (χ1v) is 11.4. The monoisotopic (exact) mass is 478 g/mol. The van der Waals surface area contributed by atoms with Gasteiger partial charge in [0, 0.05) is 6.04 Å². The molecule has 0 radical (unpaired) electrons. The van der Waals surface area contributed by atoms with E-state index in [0.29, 0.717) is 23.0 Å². The van der Waals surface area contributed by atoms with Crippen molar-refractivity contribution >= 4 is 18.0 Å². The summed E-state index contributed by atoms with van der Waals surface area (Å²) < 4.78 is 21.3. The van der Waals surface area contributed by atoms with E-state index in [4.69, 9.17) is 18.9 Å². The summed E-state index contributed by atoms with van der Waals surface area (Å²) in [4.78, 5) is 25.4. The van der Waals surface area contributed by atoms with E-state index in [9.17, 15) is 14.9 Å². The molecule has 1 aliphatic rings. The number of hydrogen-bond acceptors (Lipinski definition) is 7. The van der Waals surface area contributed by atoms with Gasteiger partial charge in [0.15, 0.2) is 23.0 Å². The van der Waals surface area contributed by atoms with Crippen LogP contribution in [0.5, 0.6) is 23.0 Å². The van der Waals surface area contributed by atoms with Gasteiger partial charge in [-0.15, -0.1) is 0 Å². The van der Waals surface area contributed by atoms with Crippen LogP contribution in [-0.4, -0.2) is 39.2 Å². The molecular weight excluding hydrogens is 448 g/mol. The maximum Gasteiger partial charge on any atom is 0.343 e. The number of nitrogens with zero attached hydrogens (tertiary/aromatic N) is 1. The van der Waals surface area contributed by atoms with Crippen LogP contribution < -0.4 is 24.3 Å². The highest BCUT2D eigenvalue weighted by molar-refractivity contribution is 6.02. The number of carbonyl (C=O) groups is 2. The second-order valence-corrected chi connectivity index (χ2v) is 8.38. The number of amides is 1. The van der Waals surface area contributed by atoms with Gasteiger partial charge in [0.25, 0.3) is 5.91 Å². The maximum atomic E-state index is 12.7. The molecule has 0 saturated heterocycles. The van der Waals surface area contributed by atoms with Crippen molar-refractivity contribution in [2.24, 2.45) is 5.92 Å². The third-order valence-corrected chi connectivity index (χ3v) is 6.11. The molecular formula is C27H30N2O6. The summed E-state index contributed by atoms with van der Waals surface area (Å²) in [5.74, 6) is 0.759. The van der Waals surface area contributed by atoms with E-state index in [0.717, 1.165) is 25.7 Å². The summed E-state index contributed by atoms with van der Waals surface area (Å²) in [7, 11) is 4.43. The van der Waals surface area contributed by atoms with Gasteiger partial charge in [-0.1, -0.05) is 25.8 Å². The molecule has 0 bridgehead atoms. The van der Waals surface area contributed by atoms with Gasteiger partial charge in [0.2, 0.25) is 0 Å². The second kappa shape index (κ2) is 11.9. The van der Waals surface area contributed by atoms with Gasteiger partial charge in [-0.3, -0.25) is 4.79 Å². The van der Waals surface area contributed by atoms with Crippen LogP contribution in [0.25, 0.3) is 6.08 Å². The van der Waals surface area contributed by atoms with Gasteiger partial charge in [0.05, 0.1) is 26.9 Å². The molecule has 2 aromatic rings. The minimum Gasteiger partial charge on any atom is -0.493 e. The first-order chi connectivity index (χ1) is 16.9. The molecule has 1 N–H and O–H groups in total. The number of rotatable bonds is 8. The van der Waals surface area contributed by atoms with E-state index < -0.39 is 11.9 Å². The lowest BCUT2D eigenvalue weighted by Gasteiger charge is -2.29. The summed E-state index contributed by atoms with van der Waals surface area (Å²) in [5.41, 5.74) is 0.838. The standard InChI is InChI=1S/C27H30N2O6/c1-17-7-5-6-8-21(17)29-26(30)20(16-28)13-18-9-11-23(24(14-18)33-3)35-27(31)19-10-12-22(32-2)25(15-19)34-4/h9-15,17,21H,5-8H2,1-4H3,(H,29,30)/b20-13+/t17-,21-/m1/s1. The highest BCUT2D eigenvalue weighted by atomic mass is 16.6. The number of methoxy groups -OCH3 is 3. The van der Waals surface area contributed by atoms with Crippen molar-refractivity contribution in [1.82, 2.24) is 5.32 Å². The summed E-state index contributed by atoms with van der Waals surface area (Å²) in [5, 5.41) is 12.6. The molecule has 1 aliphatic carbocycles. The SMILES string of the molecule is COc1ccc(C(=O)Oc2ccc(/C=C(\C#N)C(=O)N[C@@H]3CCCC[C@H]3C)cc2OC)cc1OC. The van der Waals surface area contributed by atoms with Crippen LogP contribution in [0.1, 0.15) is 48.5 Å². The molecule has 184 valence electrons. The van der Waals surface area contributed by atoms with Crippen molar-refractivity contribution < 1.29 is 28.5 Å².